The van der Waals surface area contributed by atoms with Crippen LogP contribution in [0.5, 0.6) is 0 Å². The van der Waals surface area contributed by atoms with E-state index in [4.69, 9.17) is 46.4 Å². The van der Waals surface area contributed by atoms with Gasteiger partial charge >= 0.3 is 0 Å². The second-order valence-corrected chi connectivity index (χ2v) is 6.95. The highest BCUT2D eigenvalue weighted by atomic mass is 35.6. The van der Waals surface area contributed by atoms with Crippen molar-refractivity contribution in [2.24, 2.45) is 0 Å². The maximum atomic E-state index is 9.62. The van der Waals surface area contributed by atoms with Gasteiger partial charge in [-0.15, -0.1) is 0 Å². The number of rotatable bonds is 0. The molecule has 0 aliphatic carbocycles. The molecule has 1 aromatic rings. The van der Waals surface area contributed by atoms with Crippen molar-refractivity contribution >= 4 is 57.5 Å². The average molecular weight is 309 g/mol. The molecule has 15 heavy (non-hydrogen) atoms. The molecule has 0 aliphatic heterocycles. The van der Waals surface area contributed by atoms with Crippen molar-refractivity contribution < 1.29 is 8.76 Å². The van der Waals surface area contributed by atoms with Crippen LogP contribution in [-0.2, 0) is 11.1 Å². The predicted octanol–water partition coefficient (Wildman–Crippen LogP) is 3.84. The first-order valence-electron chi connectivity index (χ1n) is 3.61. The van der Waals surface area contributed by atoms with Gasteiger partial charge in [-0.05, 0) is 35.7 Å². The third kappa shape index (κ3) is 8.31. The van der Waals surface area contributed by atoms with Crippen LogP contribution in [0.2, 0.25) is 5.02 Å². The molecule has 1 atom stereocenters. The van der Waals surface area contributed by atoms with Crippen molar-refractivity contribution in [1.29, 1.82) is 0 Å². The van der Waals surface area contributed by atoms with Crippen molar-refractivity contribution in [3.05, 3.63) is 34.9 Å². The lowest BCUT2D eigenvalue weighted by molar-refractivity contribution is 0.537. The minimum atomic E-state index is -2.64. The van der Waals surface area contributed by atoms with Gasteiger partial charge in [0, 0.05) is 5.02 Å². The summed E-state index contributed by atoms with van der Waals surface area (Å²) < 4.78 is 17.1. The van der Waals surface area contributed by atoms with Crippen LogP contribution in [0, 0.1) is 6.92 Å². The number of alkyl halides is 3. The number of aryl methyl sites for hydroxylation is 1. The van der Waals surface area contributed by atoms with E-state index in [1.807, 2.05) is 31.2 Å². The summed E-state index contributed by atoms with van der Waals surface area (Å²) in [4.78, 5) is 0. The smallest absolute Gasteiger partial charge is 0.253 e. The summed E-state index contributed by atoms with van der Waals surface area (Å²) in [5.74, 6) is 0. The summed E-state index contributed by atoms with van der Waals surface area (Å²) in [5, 5.41) is 0.810. The van der Waals surface area contributed by atoms with Crippen molar-refractivity contribution in [3.63, 3.8) is 0 Å². The van der Waals surface area contributed by atoms with E-state index in [0.717, 1.165) is 5.02 Å². The normalized spacial score (nSPS) is 12.7. The van der Waals surface area contributed by atoms with Gasteiger partial charge in [-0.25, -0.2) is 0 Å². The van der Waals surface area contributed by atoms with Crippen molar-refractivity contribution in [2.45, 2.75) is 10.0 Å². The van der Waals surface area contributed by atoms with Gasteiger partial charge in [-0.1, -0.05) is 58.5 Å². The van der Waals surface area contributed by atoms with Crippen molar-refractivity contribution in [3.8, 4) is 0 Å². The van der Waals surface area contributed by atoms with E-state index in [-0.39, 0.29) is 0 Å². The van der Waals surface area contributed by atoms with Crippen LogP contribution in [0.15, 0.2) is 24.3 Å². The topological polar surface area (TPSA) is 40.1 Å². The van der Waals surface area contributed by atoms with Crippen molar-refractivity contribution in [1.82, 2.24) is 0 Å². The number of hydrogen-bond donors (Lipinski definition) is 0. The lowest BCUT2D eigenvalue weighted by Gasteiger charge is -2.12. The highest BCUT2D eigenvalue weighted by Gasteiger charge is 2.19. The van der Waals surface area contributed by atoms with Gasteiger partial charge in [0.05, 0.1) is 0 Å². The minimum absolute atomic E-state index is 0.810. The molecule has 2 nitrogen and oxygen atoms in total. The van der Waals surface area contributed by atoms with Gasteiger partial charge in [-0.3, -0.25) is 4.21 Å². The fraction of sp³-hybridized carbons (Fsp3) is 0.250. The highest BCUT2D eigenvalue weighted by Crippen LogP contribution is 2.28. The molecule has 0 radical (unpaired) electrons. The van der Waals surface area contributed by atoms with Crippen LogP contribution >= 0.6 is 46.4 Å². The van der Waals surface area contributed by atoms with E-state index in [9.17, 15) is 8.76 Å². The third-order valence-corrected chi connectivity index (χ3v) is 2.92. The van der Waals surface area contributed by atoms with E-state index in [1.165, 1.54) is 5.56 Å². The van der Waals surface area contributed by atoms with Crippen molar-refractivity contribution in [2.75, 3.05) is 0 Å². The molecule has 1 unspecified atom stereocenters. The zero-order chi connectivity index (χ0) is 12.1. The molecule has 86 valence electrons. The summed E-state index contributed by atoms with van der Waals surface area (Å²) in [5.41, 5.74) is 1.21. The monoisotopic (exact) mass is 307 g/mol. The van der Waals surface area contributed by atoms with Gasteiger partial charge < -0.3 is 4.55 Å². The quantitative estimate of drug-likeness (QED) is 0.539. The van der Waals surface area contributed by atoms with E-state index >= 15 is 0 Å². The summed E-state index contributed by atoms with van der Waals surface area (Å²) in [7, 11) is 0. The van der Waals surface area contributed by atoms with Gasteiger partial charge in [0.25, 0.3) is 3.12 Å². The number of hydrogen-bond acceptors (Lipinski definition) is 2. The first kappa shape index (κ1) is 15.5. The van der Waals surface area contributed by atoms with Gasteiger partial charge in [0.15, 0.2) is 0 Å². The van der Waals surface area contributed by atoms with Crippen LogP contribution < -0.4 is 0 Å². The Bertz CT molecular complexity index is 320. The summed E-state index contributed by atoms with van der Waals surface area (Å²) >= 11 is 17.4. The van der Waals surface area contributed by atoms with Crippen LogP contribution in [0.4, 0.5) is 0 Å². The summed E-state index contributed by atoms with van der Waals surface area (Å²) in [6.45, 7) is 2.02. The number of benzene rings is 1. The second-order valence-electron chi connectivity index (χ2n) is 2.48. The third-order valence-electron chi connectivity index (χ3n) is 1.17. The molecule has 1 aromatic carbocycles. The standard InChI is InChI=1S/C7H7Cl.CHCl3O2S/c1-6-3-2-4-7(8)5-6;2-1(3,4)7(5)6/h2-5H,1H3;(H,5,6)/p-1. The van der Waals surface area contributed by atoms with E-state index < -0.39 is 14.2 Å². The first-order chi connectivity index (χ1) is 6.73. The Labute approximate surface area is 111 Å². The largest absolute Gasteiger partial charge is 0.769 e. The molecule has 0 aromatic heterocycles. The van der Waals surface area contributed by atoms with Gasteiger partial charge in [-0.2, -0.15) is 0 Å². The summed E-state index contributed by atoms with van der Waals surface area (Å²) in [6.07, 6.45) is 0. The highest BCUT2D eigenvalue weighted by molar-refractivity contribution is 7.85. The molecular weight excluding hydrogens is 302 g/mol. The molecule has 0 fully saturated rings. The Morgan fingerprint density at radius 1 is 1.33 bits per heavy atom. The molecule has 0 amide bonds. The van der Waals surface area contributed by atoms with Crippen LogP contribution in [0.3, 0.4) is 0 Å². The molecule has 0 bridgehead atoms. The zero-order valence-corrected chi connectivity index (χ0v) is 11.4. The van der Waals surface area contributed by atoms with E-state index in [1.54, 1.807) is 0 Å². The molecule has 1 rings (SSSR count). The molecule has 0 saturated heterocycles. The molecule has 0 N–H and O–H groups in total. The van der Waals surface area contributed by atoms with E-state index in [2.05, 4.69) is 0 Å². The van der Waals surface area contributed by atoms with Crippen LogP contribution in [0.25, 0.3) is 0 Å². The van der Waals surface area contributed by atoms with Gasteiger partial charge in [0.2, 0.25) is 0 Å². The average Bonchev–Trinajstić information content (AvgIpc) is 2.02. The minimum Gasteiger partial charge on any atom is -0.769 e. The first-order valence-corrected chi connectivity index (χ1v) is 6.20. The lowest BCUT2D eigenvalue weighted by Crippen LogP contribution is -2.09. The Kier molecular flexibility index (Phi) is 7.17. The molecule has 7 heteroatoms. The number of halogens is 4. The Morgan fingerprint density at radius 2 is 1.80 bits per heavy atom. The maximum Gasteiger partial charge on any atom is 0.253 e. The fourth-order valence-electron chi connectivity index (χ4n) is 0.606. The maximum absolute atomic E-state index is 9.62. The Balaban J connectivity index is 0.000000265. The Hall–Kier alpha value is 0.490. The molecular formula is C8H7Cl4O2S-. The molecule has 0 aliphatic rings. The molecule has 0 heterocycles. The lowest BCUT2D eigenvalue weighted by atomic mass is 10.2. The predicted molar refractivity (Wildman–Crippen MR) is 65.4 cm³/mol. The fourth-order valence-corrected chi connectivity index (χ4v) is 0.850. The zero-order valence-electron chi connectivity index (χ0n) is 7.55. The van der Waals surface area contributed by atoms with Crippen LogP contribution in [-0.4, -0.2) is 11.9 Å². The Morgan fingerprint density at radius 3 is 2.00 bits per heavy atom. The van der Waals surface area contributed by atoms with Crippen LogP contribution in [0.1, 0.15) is 5.56 Å². The molecule has 0 spiro atoms. The summed E-state index contributed by atoms with van der Waals surface area (Å²) in [6, 6.07) is 7.76. The second kappa shape index (κ2) is 6.94. The van der Waals surface area contributed by atoms with E-state index in [0.29, 0.717) is 0 Å². The van der Waals surface area contributed by atoms with Gasteiger partial charge in [0.1, 0.15) is 0 Å². The SMILES string of the molecule is Cc1cccc(Cl)c1.O=S([O-])C(Cl)(Cl)Cl. The molecule has 0 saturated carbocycles.